The minimum absolute atomic E-state index is 0.174. The molecule has 0 saturated heterocycles. The second-order valence-electron chi connectivity index (χ2n) is 5.34. The molecule has 3 N–H and O–H groups in total. The third-order valence-corrected chi connectivity index (χ3v) is 2.46. The summed E-state index contributed by atoms with van der Waals surface area (Å²) in [5, 5.41) is 21.6. The predicted molar refractivity (Wildman–Crippen MR) is 63.2 cm³/mol. The van der Waals surface area contributed by atoms with Crippen LogP contribution in [0.15, 0.2) is 0 Å². The average Bonchev–Trinajstić information content (AvgIpc) is 2.14. The molecule has 0 aromatic rings. The van der Waals surface area contributed by atoms with Crippen molar-refractivity contribution < 1.29 is 15.0 Å². The molecule has 0 heterocycles. The Bertz CT molecular complexity index is 224. The first kappa shape index (κ1) is 15.2. The van der Waals surface area contributed by atoms with Gasteiger partial charge >= 0.3 is 6.03 Å². The molecular formula is C11H24N2O3. The number of hydrogen-bond acceptors (Lipinski definition) is 3. The molecule has 2 amide bonds. The Labute approximate surface area is 97.4 Å². The Morgan fingerprint density at radius 3 is 2.19 bits per heavy atom. The van der Waals surface area contributed by atoms with Crippen LogP contribution in [0.4, 0.5) is 4.79 Å². The van der Waals surface area contributed by atoms with E-state index in [0.717, 1.165) is 0 Å². The van der Waals surface area contributed by atoms with Gasteiger partial charge in [-0.3, -0.25) is 0 Å². The van der Waals surface area contributed by atoms with Crippen molar-refractivity contribution in [1.82, 2.24) is 10.2 Å². The summed E-state index contributed by atoms with van der Waals surface area (Å²) in [6.07, 6.45) is -0.216. The summed E-state index contributed by atoms with van der Waals surface area (Å²) in [4.78, 5) is 12.8. The Balaban J connectivity index is 4.26. The summed E-state index contributed by atoms with van der Waals surface area (Å²) in [6, 6.07) is -0.677. The molecule has 5 heteroatoms. The third-order valence-electron chi connectivity index (χ3n) is 2.46. The van der Waals surface area contributed by atoms with Crippen LogP contribution in [0.3, 0.4) is 0 Å². The van der Waals surface area contributed by atoms with Crippen LogP contribution in [0.1, 0.15) is 27.2 Å². The molecule has 5 nitrogen and oxygen atoms in total. The fraction of sp³-hybridized carbons (Fsp3) is 0.909. The van der Waals surface area contributed by atoms with E-state index in [0.29, 0.717) is 6.42 Å². The van der Waals surface area contributed by atoms with E-state index in [1.807, 2.05) is 20.8 Å². The molecule has 0 aromatic carbocycles. The van der Waals surface area contributed by atoms with Crippen LogP contribution in [0.5, 0.6) is 0 Å². The number of amides is 2. The second-order valence-corrected chi connectivity index (χ2v) is 5.34. The number of urea groups is 1. The van der Waals surface area contributed by atoms with E-state index in [2.05, 4.69) is 5.32 Å². The number of carbonyl (C=O) groups is 1. The van der Waals surface area contributed by atoms with Crippen molar-refractivity contribution in [2.45, 2.75) is 39.3 Å². The standard InChI is InChI=1S/C11H24N2O3/c1-11(2,3)9(15)6-8(7-14)12-10(16)13(4)5/h8-9,14-15H,6-7H2,1-5H3,(H,12,16)/t8-,9-/m1/s1. The largest absolute Gasteiger partial charge is 0.394 e. The Kier molecular flexibility index (Phi) is 5.75. The first-order chi connectivity index (χ1) is 7.18. The van der Waals surface area contributed by atoms with Crippen LogP contribution in [0, 0.1) is 5.41 Å². The molecule has 16 heavy (non-hydrogen) atoms. The average molecular weight is 232 g/mol. The number of nitrogens with one attached hydrogen (secondary N) is 1. The van der Waals surface area contributed by atoms with Gasteiger partial charge in [0.2, 0.25) is 0 Å². The molecule has 0 unspecified atom stereocenters. The van der Waals surface area contributed by atoms with Crippen molar-refractivity contribution in [2.24, 2.45) is 5.41 Å². The van der Waals surface area contributed by atoms with Gasteiger partial charge in [0.25, 0.3) is 0 Å². The molecule has 0 radical (unpaired) electrons. The van der Waals surface area contributed by atoms with Gasteiger partial charge in [-0.1, -0.05) is 20.8 Å². The fourth-order valence-corrected chi connectivity index (χ4v) is 1.11. The van der Waals surface area contributed by atoms with Crippen molar-refractivity contribution in [1.29, 1.82) is 0 Å². The lowest BCUT2D eigenvalue weighted by atomic mass is 9.85. The van der Waals surface area contributed by atoms with Gasteiger partial charge in [0.15, 0.2) is 0 Å². The summed E-state index contributed by atoms with van der Waals surface area (Å²) in [7, 11) is 3.26. The summed E-state index contributed by atoms with van der Waals surface area (Å²) < 4.78 is 0. The number of hydrogen-bond donors (Lipinski definition) is 3. The number of carbonyl (C=O) groups excluding carboxylic acids is 1. The highest BCUT2D eigenvalue weighted by Crippen LogP contribution is 2.22. The highest BCUT2D eigenvalue weighted by atomic mass is 16.3. The molecule has 0 bridgehead atoms. The summed E-state index contributed by atoms with van der Waals surface area (Å²) >= 11 is 0. The van der Waals surface area contributed by atoms with Crippen LogP contribution < -0.4 is 5.32 Å². The Morgan fingerprint density at radius 2 is 1.88 bits per heavy atom. The van der Waals surface area contributed by atoms with Crippen LogP contribution >= 0.6 is 0 Å². The summed E-state index contributed by atoms with van der Waals surface area (Å²) in [5.74, 6) is 0. The Hall–Kier alpha value is -0.810. The molecular weight excluding hydrogens is 208 g/mol. The van der Waals surface area contributed by atoms with E-state index in [1.54, 1.807) is 14.1 Å². The highest BCUT2D eigenvalue weighted by Gasteiger charge is 2.26. The van der Waals surface area contributed by atoms with Gasteiger partial charge in [-0.2, -0.15) is 0 Å². The van der Waals surface area contributed by atoms with E-state index in [-0.39, 0.29) is 18.1 Å². The van der Waals surface area contributed by atoms with Crippen LogP contribution in [0.2, 0.25) is 0 Å². The maximum absolute atomic E-state index is 11.4. The highest BCUT2D eigenvalue weighted by molar-refractivity contribution is 5.73. The minimum atomic E-state index is -0.563. The van der Waals surface area contributed by atoms with Gasteiger partial charge in [-0.25, -0.2) is 4.79 Å². The van der Waals surface area contributed by atoms with E-state index >= 15 is 0 Å². The van der Waals surface area contributed by atoms with Crippen LogP contribution in [-0.4, -0.2) is 54.0 Å². The molecule has 0 saturated carbocycles. The maximum Gasteiger partial charge on any atom is 0.317 e. The lowest BCUT2D eigenvalue weighted by Gasteiger charge is -2.29. The molecule has 0 aliphatic rings. The third kappa shape index (κ3) is 5.32. The fourth-order valence-electron chi connectivity index (χ4n) is 1.11. The Morgan fingerprint density at radius 1 is 1.38 bits per heavy atom. The van der Waals surface area contributed by atoms with Gasteiger partial charge in [0, 0.05) is 14.1 Å². The normalized spacial score (nSPS) is 15.4. The number of aliphatic hydroxyl groups excluding tert-OH is 2. The van der Waals surface area contributed by atoms with E-state index in [4.69, 9.17) is 5.11 Å². The molecule has 0 aliphatic carbocycles. The summed E-state index contributed by atoms with van der Waals surface area (Å²) in [5.41, 5.74) is -0.254. The zero-order valence-electron chi connectivity index (χ0n) is 10.8. The van der Waals surface area contributed by atoms with E-state index < -0.39 is 12.1 Å². The first-order valence-electron chi connectivity index (χ1n) is 5.45. The monoisotopic (exact) mass is 232 g/mol. The van der Waals surface area contributed by atoms with Crippen LogP contribution in [-0.2, 0) is 0 Å². The predicted octanol–water partition coefficient (Wildman–Crippen LogP) is 0.416. The van der Waals surface area contributed by atoms with Crippen molar-refractivity contribution in [2.75, 3.05) is 20.7 Å². The quantitative estimate of drug-likeness (QED) is 0.657. The maximum atomic E-state index is 11.4. The van der Waals surface area contributed by atoms with Crippen LogP contribution in [0.25, 0.3) is 0 Å². The lowest BCUT2D eigenvalue weighted by molar-refractivity contribution is 0.0400. The molecule has 96 valence electrons. The topological polar surface area (TPSA) is 72.8 Å². The molecule has 0 aliphatic heterocycles. The molecule has 0 spiro atoms. The van der Waals surface area contributed by atoms with E-state index in [9.17, 15) is 9.90 Å². The molecule has 0 fully saturated rings. The van der Waals surface area contributed by atoms with Crippen molar-refractivity contribution >= 4 is 6.03 Å². The minimum Gasteiger partial charge on any atom is -0.394 e. The number of rotatable bonds is 4. The van der Waals surface area contributed by atoms with Gasteiger partial charge < -0.3 is 20.4 Å². The van der Waals surface area contributed by atoms with Gasteiger partial charge in [-0.05, 0) is 11.8 Å². The summed E-state index contributed by atoms with van der Waals surface area (Å²) in [6.45, 7) is 5.58. The smallest absolute Gasteiger partial charge is 0.317 e. The molecule has 0 rings (SSSR count). The number of nitrogens with zero attached hydrogens (tertiary/aromatic N) is 1. The van der Waals surface area contributed by atoms with Crippen molar-refractivity contribution in [3.63, 3.8) is 0 Å². The van der Waals surface area contributed by atoms with E-state index in [1.165, 1.54) is 4.90 Å². The van der Waals surface area contributed by atoms with Gasteiger partial charge in [0.1, 0.15) is 0 Å². The number of aliphatic hydroxyl groups is 2. The molecule has 2 atom stereocenters. The molecule has 0 aromatic heterocycles. The van der Waals surface area contributed by atoms with Crippen molar-refractivity contribution in [3.05, 3.63) is 0 Å². The zero-order valence-corrected chi connectivity index (χ0v) is 10.8. The lowest BCUT2D eigenvalue weighted by Crippen LogP contribution is -2.46. The SMILES string of the molecule is CN(C)C(=O)N[C@@H](CO)C[C@@H](O)C(C)(C)C. The zero-order chi connectivity index (χ0) is 12.9. The second kappa shape index (κ2) is 6.06. The first-order valence-corrected chi connectivity index (χ1v) is 5.45. The van der Waals surface area contributed by atoms with Gasteiger partial charge in [-0.15, -0.1) is 0 Å². The van der Waals surface area contributed by atoms with Crippen molar-refractivity contribution in [3.8, 4) is 0 Å². The van der Waals surface area contributed by atoms with Gasteiger partial charge in [0.05, 0.1) is 18.8 Å².